The average molecular weight is 294 g/mol. The molecule has 1 atom stereocenters. The van der Waals surface area contributed by atoms with Crippen LogP contribution in [0.5, 0.6) is 0 Å². The van der Waals surface area contributed by atoms with E-state index in [4.69, 9.17) is 0 Å². The van der Waals surface area contributed by atoms with Crippen LogP contribution in [0.2, 0.25) is 0 Å². The van der Waals surface area contributed by atoms with Crippen molar-refractivity contribution in [2.45, 2.75) is 60.3 Å². The molecule has 0 radical (unpaired) electrons. The second-order valence-corrected chi connectivity index (χ2v) is 6.16. The van der Waals surface area contributed by atoms with Crippen LogP contribution in [0, 0.1) is 5.92 Å². The maximum Gasteiger partial charge on any atom is 0.00192 e. The van der Waals surface area contributed by atoms with Gasteiger partial charge in [-0.25, -0.2) is 0 Å². The fourth-order valence-electron chi connectivity index (χ4n) is 3.96. The van der Waals surface area contributed by atoms with E-state index in [2.05, 4.69) is 71.0 Å². The number of rotatable bonds is 6. The first-order valence-corrected chi connectivity index (χ1v) is 8.86. The van der Waals surface area contributed by atoms with E-state index in [9.17, 15) is 0 Å². The second-order valence-electron chi connectivity index (χ2n) is 6.16. The van der Waals surface area contributed by atoms with Crippen molar-refractivity contribution >= 4 is 5.57 Å². The minimum Gasteiger partial charge on any atom is -0.0645 e. The van der Waals surface area contributed by atoms with Crippen LogP contribution in [0.3, 0.4) is 0 Å². The summed E-state index contributed by atoms with van der Waals surface area (Å²) >= 11 is 0. The number of allylic oxidation sites excluding steroid dienone is 6. The van der Waals surface area contributed by atoms with Crippen LogP contribution >= 0.6 is 0 Å². The van der Waals surface area contributed by atoms with E-state index in [0.29, 0.717) is 5.92 Å². The van der Waals surface area contributed by atoms with Crippen molar-refractivity contribution in [2.24, 2.45) is 5.92 Å². The third-order valence-corrected chi connectivity index (χ3v) is 5.01. The Labute approximate surface area is 136 Å². The summed E-state index contributed by atoms with van der Waals surface area (Å²) < 4.78 is 0. The van der Waals surface area contributed by atoms with Crippen molar-refractivity contribution in [3.63, 3.8) is 0 Å². The first-order valence-electron chi connectivity index (χ1n) is 8.86. The van der Waals surface area contributed by atoms with Crippen molar-refractivity contribution in [2.75, 3.05) is 0 Å². The SMILES string of the molecule is CCC1=C(CC)C(CC)C(CC)=C1/C=C(\C)c1ccccc1. The van der Waals surface area contributed by atoms with Gasteiger partial charge in [-0.3, -0.25) is 0 Å². The lowest BCUT2D eigenvalue weighted by Gasteiger charge is -2.16. The summed E-state index contributed by atoms with van der Waals surface area (Å²) in [5, 5.41) is 0. The molecule has 0 heteroatoms. The van der Waals surface area contributed by atoms with E-state index >= 15 is 0 Å². The highest BCUT2D eigenvalue weighted by Crippen LogP contribution is 2.44. The van der Waals surface area contributed by atoms with Gasteiger partial charge in [-0.2, -0.15) is 0 Å². The molecule has 0 spiro atoms. The summed E-state index contributed by atoms with van der Waals surface area (Å²) in [7, 11) is 0. The molecule has 0 amide bonds. The van der Waals surface area contributed by atoms with Crippen molar-refractivity contribution in [1.82, 2.24) is 0 Å². The van der Waals surface area contributed by atoms with Crippen LogP contribution in [-0.4, -0.2) is 0 Å². The monoisotopic (exact) mass is 294 g/mol. The van der Waals surface area contributed by atoms with Gasteiger partial charge in [0.05, 0.1) is 0 Å². The van der Waals surface area contributed by atoms with Crippen molar-refractivity contribution in [1.29, 1.82) is 0 Å². The molecule has 0 N–H and O–H groups in total. The molecule has 0 saturated heterocycles. The number of hydrogen-bond acceptors (Lipinski definition) is 0. The molecule has 22 heavy (non-hydrogen) atoms. The predicted octanol–water partition coefficient (Wildman–Crippen LogP) is 6.95. The fourth-order valence-corrected chi connectivity index (χ4v) is 3.96. The van der Waals surface area contributed by atoms with Crippen molar-refractivity contribution < 1.29 is 0 Å². The zero-order chi connectivity index (χ0) is 16.1. The molecular formula is C22H30. The standard InChI is InChI=1S/C22H30/c1-6-18-19(7-2)21(9-4)22(20(18)8-3)15-16(5)17-13-11-10-12-14-17/h10-15,18H,6-9H2,1-5H3/b16-15+. The molecule has 1 aromatic rings. The average Bonchev–Trinajstić information content (AvgIpc) is 2.86. The highest BCUT2D eigenvalue weighted by atomic mass is 14.3. The molecule has 0 nitrogen and oxygen atoms in total. The second kappa shape index (κ2) is 7.63. The Morgan fingerprint density at radius 3 is 2.05 bits per heavy atom. The van der Waals surface area contributed by atoms with Gasteiger partial charge in [-0.05, 0) is 54.9 Å². The van der Waals surface area contributed by atoms with Gasteiger partial charge in [0.1, 0.15) is 0 Å². The Kier molecular flexibility index (Phi) is 5.83. The Morgan fingerprint density at radius 1 is 0.909 bits per heavy atom. The molecule has 0 saturated carbocycles. The molecule has 0 fully saturated rings. The van der Waals surface area contributed by atoms with E-state index in [1.807, 2.05) is 0 Å². The molecule has 1 aliphatic rings. The van der Waals surface area contributed by atoms with E-state index in [1.54, 1.807) is 16.7 Å². The maximum absolute atomic E-state index is 2.44. The zero-order valence-corrected chi connectivity index (χ0v) is 14.9. The highest BCUT2D eigenvalue weighted by molar-refractivity contribution is 5.70. The first-order chi connectivity index (χ1) is 10.7. The smallest absolute Gasteiger partial charge is 0.00192 e. The van der Waals surface area contributed by atoms with Crippen LogP contribution in [0.15, 0.2) is 58.7 Å². The molecule has 0 aromatic heterocycles. The third kappa shape index (κ3) is 3.11. The first kappa shape index (κ1) is 16.8. The summed E-state index contributed by atoms with van der Waals surface area (Å²) in [5.74, 6) is 0.680. The molecule has 0 heterocycles. The molecule has 1 aliphatic carbocycles. The summed E-state index contributed by atoms with van der Waals surface area (Å²) in [6.07, 6.45) is 7.18. The quantitative estimate of drug-likeness (QED) is 0.532. The van der Waals surface area contributed by atoms with Crippen molar-refractivity contribution in [3.8, 4) is 0 Å². The third-order valence-electron chi connectivity index (χ3n) is 5.01. The highest BCUT2D eigenvalue weighted by Gasteiger charge is 2.28. The fraction of sp³-hybridized carbons (Fsp3) is 0.455. The van der Waals surface area contributed by atoms with Gasteiger partial charge >= 0.3 is 0 Å². The summed E-state index contributed by atoms with van der Waals surface area (Å²) in [4.78, 5) is 0. The molecule has 1 aromatic carbocycles. The number of hydrogen-bond donors (Lipinski definition) is 0. The molecule has 2 rings (SSSR count). The van der Waals surface area contributed by atoms with E-state index < -0.39 is 0 Å². The van der Waals surface area contributed by atoms with E-state index in [-0.39, 0.29) is 0 Å². The van der Waals surface area contributed by atoms with Gasteiger partial charge in [0, 0.05) is 5.92 Å². The molecule has 118 valence electrons. The summed E-state index contributed by atoms with van der Waals surface area (Å²) in [6, 6.07) is 10.8. The molecule has 1 unspecified atom stereocenters. The van der Waals surface area contributed by atoms with E-state index in [1.165, 1.54) is 36.0 Å². The lowest BCUT2D eigenvalue weighted by molar-refractivity contribution is 0.649. The maximum atomic E-state index is 2.44. The normalized spacial score (nSPS) is 19.3. The molecule has 0 aliphatic heterocycles. The summed E-state index contributed by atoms with van der Waals surface area (Å²) in [5.41, 5.74) is 9.20. The van der Waals surface area contributed by atoms with Gasteiger partial charge in [-0.15, -0.1) is 0 Å². The molecule has 0 bridgehead atoms. The van der Waals surface area contributed by atoms with Crippen LogP contribution < -0.4 is 0 Å². The van der Waals surface area contributed by atoms with Gasteiger partial charge in [0.15, 0.2) is 0 Å². The van der Waals surface area contributed by atoms with Gasteiger partial charge < -0.3 is 0 Å². The Balaban J connectivity index is 2.52. The Hall–Kier alpha value is -1.56. The van der Waals surface area contributed by atoms with Gasteiger partial charge in [0.2, 0.25) is 0 Å². The van der Waals surface area contributed by atoms with Crippen molar-refractivity contribution in [3.05, 3.63) is 64.3 Å². The predicted molar refractivity (Wildman–Crippen MR) is 98.8 cm³/mol. The molecular weight excluding hydrogens is 264 g/mol. The number of benzene rings is 1. The van der Waals surface area contributed by atoms with Crippen LogP contribution in [0.4, 0.5) is 0 Å². The lowest BCUT2D eigenvalue weighted by atomic mass is 9.89. The van der Waals surface area contributed by atoms with E-state index in [0.717, 1.165) is 6.42 Å². The van der Waals surface area contributed by atoms with Gasteiger partial charge in [-0.1, -0.05) is 75.2 Å². The van der Waals surface area contributed by atoms with Crippen LogP contribution in [-0.2, 0) is 0 Å². The largest absolute Gasteiger partial charge is 0.0645 e. The minimum absolute atomic E-state index is 0.680. The minimum atomic E-state index is 0.680. The van der Waals surface area contributed by atoms with Crippen LogP contribution in [0.1, 0.15) is 65.9 Å². The zero-order valence-electron chi connectivity index (χ0n) is 14.9. The van der Waals surface area contributed by atoms with Crippen LogP contribution in [0.25, 0.3) is 5.57 Å². The Morgan fingerprint density at radius 2 is 1.55 bits per heavy atom. The Bertz CT molecular complexity index is 596. The summed E-state index contributed by atoms with van der Waals surface area (Å²) in [6.45, 7) is 11.5. The van der Waals surface area contributed by atoms with Gasteiger partial charge in [0.25, 0.3) is 0 Å². The topological polar surface area (TPSA) is 0 Å². The lowest BCUT2D eigenvalue weighted by Crippen LogP contribution is -2.02.